The predicted molar refractivity (Wildman–Crippen MR) is 101 cm³/mol. The van der Waals surface area contributed by atoms with Gasteiger partial charge in [0.05, 0.1) is 24.9 Å². The lowest BCUT2D eigenvalue weighted by Gasteiger charge is -2.18. The molecule has 0 radical (unpaired) electrons. The van der Waals surface area contributed by atoms with Crippen LogP contribution in [0.4, 0.5) is 23.7 Å². The highest BCUT2D eigenvalue weighted by Crippen LogP contribution is 2.33. The van der Waals surface area contributed by atoms with Gasteiger partial charge in [0.15, 0.2) is 0 Å². The normalized spacial score (nSPS) is 16.6. The molecule has 1 atom stereocenters. The van der Waals surface area contributed by atoms with Gasteiger partial charge in [-0.3, -0.25) is 4.79 Å². The predicted octanol–water partition coefficient (Wildman–Crippen LogP) is 3.21. The molecule has 0 saturated carbocycles. The van der Waals surface area contributed by atoms with E-state index >= 15 is 0 Å². The first-order valence-electron chi connectivity index (χ1n) is 8.78. The van der Waals surface area contributed by atoms with Gasteiger partial charge in [0.25, 0.3) is 0 Å². The number of halogens is 3. The van der Waals surface area contributed by atoms with E-state index in [2.05, 4.69) is 10.3 Å². The van der Waals surface area contributed by atoms with Crippen molar-refractivity contribution in [1.29, 1.82) is 0 Å². The Bertz CT molecular complexity index is 950. The van der Waals surface area contributed by atoms with Crippen molar-refractivity contribution in [3.8, 4) is 17.4 Å². The number of anilines is 1. The van der Waals surface area contributed by atoms with Gasteiger partial charge in [-0.2, -0.15) is 13.2 Å². The van der Waals surface area contributed by atoms with Crippen molar-refractivity contribution in [2.24, 2.45) is 0 Å². The van der Waals surface area contributed by atoms with Crippen LogP contribution < -0.4 is 14.8 Å². The summed E-state index contributed by atoms with van der Waals surface area (Å²) in [5.74, 6) is 0.106. The molecule has 1 aromatic carbocycles. The van der Waals surface area contributed by atoms with Gasteiger partial charge in [0.1, 0.15) is 17.5 Å². The molecule has 2 aromatic rings. The molecule has 1 aliphatic rings. The summed E-state index contributed by atoms with van der Waals surface area (Å²) in [6.07, 6.45) is -3.82. The highest BCUT2D eigenvalue weighted by atomic mass is 19.4. The lowest BCUT2D eigenvalue weighted by molar-refractivity contribution is -0.137. The zero-order valence-corrected chi connectivity index (χ0v) is 16.4. The molecular weight excluding hydrogens is 405 g/mol. The van der Waals surface area contributed by atoms with Gasteiger partial charge in [0.2, 0.25) is 11.8 Å². The molecule has 0 bridgehead atoms. The van der Waals surface area contributed by atoms with Crippen LogP contribution in [0.2, 0.25) is 0 Å². The Balaban J connectivity index is 1.77. The van der Waals surface area contributed by atoms with E-state index in [1.807, 2.05) is 0 Å². The summed E-state index contributed by atoms with van der Waals surface area (Å²) in [6.45, 7) is 0.231. The summed E-state index contributed by atoms with van der Waals surface area (Å²) < 4.78 is 48.7. The van der Waals surface area contributed by atoms with Crippen molar-refractivity contribution >= 4 is 17.6 Å². The Morgan fingerprint density at radius 3 is 2.50 bits per heavy atom. The fraction of sp³-hybridized carbons (Fsp3) is 0.316. The van der Waals surface area contributed by atoms with Crippen LogP contribution in [0.15, 0.2) is 36.5 Å². The number of hydrogen-bond acceptors (Lipinski definition) is 5. The average molecular weight is 424 g/mol. The Morgan fingerprint density at radius 2 is 1.97 bits per heavy atom. The molecule has 1 N–H and O–H groups in total. The molecule has 30 heavy (non-hydrogen) atoms. The van der Waals surface area contributed by atoms with E-state index in [9.17, 15) is 22.8 Å². The number of carbonyl (C=O) groups is 2. The van der Waals surface area contributed by atoms with Crippen molar-refractivity contribution in [2.75, 3.05) is 33.1 Å². The molecule has 1 aromatic heterocycles. The summed E-state index contributed by atoms with van der Waals surface area (Å²) in [6, 6.07) is 5.51. The number of amides is 3. The van der Waals surface area contributed by atoms with Crippen LogP contribution in [-0.4, -0.2) is 60.5 Å². The van der Waals surface area contributed by atoms with Crippen molar-refractivity contribution < 1.29 is 32.2 Å². The Labute approximate surface area is 170 Å². The van der Waals surface area contributed by atoms with Gasteiger partial charge >= 0.3 is 12.2 Å². The molecule has 1 aliphatic heterocycles. The number of aromatic nitrogens is 1. The lowest BCUT2D eigenvalue weighted by atomic mass is 10.2. The van der Waals surface area contributed by atoms with E-state index in [0.717, 1.165) is 12.1 Å². The van der Waals surface area contributed by atoms with Gasteiger partial charge in [0, 0.05) is 32.4 Å². The maximum Gasteiger partial charge on any atom is 0.417 e. The smallest absolute Gasteiger partial charge is 0.417 e. The summed E-state index contributed by atoms with van der Waals surface area (Å²) in [7, 11) is 4.54. The molecular formula is C19H19F3N4O4. The van der Waals surface area contributed by atoms with Gasteiger partial charge in [-0.25, -0.2) is 9.78 Å². The van der Waals surface area contributed by atoms with Crippen LogP contribution in [0.5, 0.6) is 17.4 Å². The summed E-state index contributed by atoms with van der Waals surface area (Å²) in [5, 5.41) is 2.70. The molecule has 0 spiro atoms. The first-order valence-corrected chi connectivity index (χ1v) is 8.78. The van der Waals surface area contributed by atoms with Crippen molar-refractivity contribution in [1.82, 2.24) is 14.8 Å². The minimum Gasteiger partial charge on any atom is -0.495 e. The maximum atomic E-state index is 12.6. The van der Waals surface area contributed by atoms with E-state index in [4.69, 9.17) is 9.47 Å². The number of likely N-dealkylation sites (N-methyl/N-ethyl adjacent to an activating group) is 2. The van der Waals surface area contributed by atoms with Gasteiger partial charge in [-0.15, -0.1) is 0 Å². The molecule has 8 nitrogen and oxygen atoms in total. The number of hydrogen-bond donors (Lipinski definition) is 1. The third-order valence-electron chi connectivity index (χ3n) is 4.56. The van der Waals surface area contributed by atoms with E-state index < -0.39 is 23.7 Å². The second-order valence-electron chi connectivity index (χ2n) is 6.63. The average Bonchev–Trinajstić information content (AvgIpc) is 2.95. The van der Waals surface area contributed by atoms with Gasteiger partial charge in [-0.05, 0) is 18.2 Å². The molecule has 1 saturated heterocycles. The number of ether oxygens (including phenoxy) is 2. The van der Waals surface area contributed by atoms with Crippen molar-refractivity contribution in [3.05, 3.63) is 42.1 Å². The molecule has 11 heteroatoms. The molecule has 1 unspecified atom stereocenters. The summed E-state index contributed by atoms with van der Waals surface area (Å²) >= 11 is 0. The number of alkyl halides is 3. The second-order valence-corrected chi connectivity index (χ2v) is 6.63. The topological polar surface area (TPSA) is 84.0 Å². The minimum atomic E-state index is -4.49. The molecule has 0 aliphatic carbocycles. The Morgan fingerprint density at radius 1 is 1.23 bits per heavy atom. The first kappa shape index (κ1) is 21.2. The molecule has 1 fully saturated rings. The molecule has 3 rings (SSSR count). The number of benzene rings is 1. The number of pyridine rings is 1. The summed E-state index contributed by atoms with van der Waals surface area (Å²) in [4.78, 5) is 30.9. The van der Waals surface area contributed by atoms with E-state index in [1.165, 1.54) is 42.2 Å². The fourth-order valence-electron chi connectivity index (χ4n) is 2.91. The fourth-order valence-corrected chi connectivity index (χ4v) is 2.91. The van der Waals surface area contributed by atoms with Gasteiger partial charge < -0.3 is 24.6 Å². The zero-order chi connectivity index (χ0) is 22.1. The van der Waals surface area contributed by atoms with Crippen LogP contribution in [0.3, 0.4) is 0 Å². The largest absolute Gasteiger partial charge is 0.495 e. The van der Waals surface area contributed by atoms with E-state index in [0.29, 0.717) is 11.9 Å². The molecule has 160 valence electrons. The summed E-state index contributed by atoms with van der Waals surface area (Å²) in [5.41, 5.74) is -0.611. The van der Waals surface area contributed by atoms with E-state index in [1.54, 1.807) is 7.05 Å². The number of carbonyl (C=O) groups excluding carboxylic acids is 2. The number of nitrogens with zero attached hydrogens (tertiary/aromatic N) is 3. The third kappa shape index (κ3) is 4.39. The van der Waals surface area contributed by atoms with Crippen LogP contribution in [0, 0.1) is 0 Å². The maximum absolute atomic E-state index is 12.6. The first-order chi connectivity index (χ1) is 14.1. The Hall–Kier alpha value is -3.50. The van der Waals surface area contributed by atoms with Crippen molar-refractivity contribution in [2.45, 2.75) is 12.2 Å². The van der Waals surface area contributed by atoms with Crippen LogP contribution in [0.1, 0.15) is 5.56 Å². The van der Waals surface area contributed by atoms with Gasteiger partial charge in [-0.1, -0.05) is 0 Å². The highest BCUT2D eigenvalue weighted by molar-refractivity contribution is 5.99. The third-order valence-corrected chi connectivity index (χ3v) is 4.56. The highest BCUT2D eigenvalue weighted by Gasteiger charge is 2.37. The van der Waals surface area contributed by atoms with E-state index in [-0.39, 0.29) is 29.9 Å². The van der Waals surface area contributed by atoms with Crippen molar-refractivity contribution in [3.63, 3.8) is 0 Å². The quantitative estimate of drug-likeness (QED) is 0.797. The standard InChI is InChI=1S/C19H19F3N4O4/c1-25-10-14(26(2)18(25)28)17(27)24-13-8-12(5-6-15(13)29-3)30-16-7-4-11(9-23-16)19(20,21)22/h4-9,14H,10H2,1-3H3,(H,24,27). The number of rotatable bonds is 5. The Kier molecular flexibility index (Phi) is 5.72. The second kappa shape index (κ2) is 8.09. The minimum absolute atomic E-state index is 0.0480. The van der Waals surface area contributed by atoms with Crippen LogP contribution >= 0.6 is 0 Å². The number of nitrogens with one attached hydrogen (secondary N) is 1. The SMILES string of the molecule is COc1ccc(Oc2ccc(C(F)(F)F)cn2)cc1NC(=O)C1CN(C)C(=O)N1C. The monoisotopic (exact) mass is 424 g/mol. The lowest BCUT2D eigenvalue weighted by Crippen LogP contribution is -2.40. The molecule has 3 amide bonds. The van der Waals surface area contributed by atoms with Crippen LogP contribution in [-0.2, 0) is 11.0 Å². The number of urea groups is 1. The zero-order valence-electron chi connectivity index (χ0n) is 16.4. The molecule has 2 heterocycles. The van der Waals surface area contributed by atoms with Crippen LogP contribution in [0.25, 0.3) is 0 Å². The number of methoxy groups -OCH3 is 1.